The molecule has 3 N–H and O–H groups in total. The van der Waals surface area contributed by atoms with E-state index in [9.17, 15) is 19.5 Å². The molecule has 1 rings (SSSR count). The van der Waals surface area contributed by atoms with Crippen LogP contribution in [0.2, 0.25) is 0 Å². The molecule has 0 heterocycles. The largest absolute Gasteiger partial charge is 0.478 e. The Bertz CT molecular complexity index is 745. The zero-order valence-electron chi connectivity index (χ0n) is 23.1. The Morgan fingerprint density at radius 3 is 1.94 bits per heavy atom. The fourth-order valence-corrected chi connectivity index (χ4v) is 5.23. The molecule has 0 spiro atoms. The highest BCUT2D eigenvalue weighted by molar-refractivity contribution is 5.91. The lowest BCUT2D eigenvalue weighted by Crippen LogP contribution is -2.61. The average molecular weight is 480 g/mol. The number of aliphatic carboxylic acids is 1. The minimum atomic E-state index is -1.01. The molecule has 1 aliphatic carbocycles. The maximum absolute atomic E-state index is 13.7. The van der Waals surface area contributed by atoms with E-state index in [1.54, 1.807) is 18.0 Å². The molecule has 3 atom stereocenters. The van der Waals surface area contributed by atoms with Crippen molar-refractivity contribution in [3.63, 3.8) is 0 Å². The first kappa shape index (κ1) is 30.1. The van der Waals surface area contributed by atoms with Crippen molar-refractivity contribution in [3.8, 4) is 0 Å². The van der Waals surface area contributed by atoms with Gasteiger partial charge in [0.2, 0.25) is 11.8 Å². The average Bonchev–Trinajstić information content (AvgIpc) is 2.74. The van der Waals surface area contributed by atoms with Crippen LogP contribution in [-0.2, 0) is 14.4 Å². The first-order chi connectivity index (χ1) is 15.5. The molecule has 1 saturated carbocycles. The molecule has 1 aliphatic rings. The summed E-state index contributed by atoms with van der Waals surface area (Å²) in [5.41, 5.74) is -0.584. The Kier molecular flexibility index (Phi) is 10.8. The van der Waals surface area contributed by atoms with Crippen LogP contribution >= 0.6 is 0 Å². The number of hydrogen-bond donors (Lipinski definition) is 3. The molecule has 7 nitrogen and oxygen atoms in total. The number of carboxylic acid groups (broad SMARTS) is 1. The Morgan fingerprint density at radius 1 is 1.00 bits per heavy atom. The second-order valence-corrected chi connectivity index (χ2v) is 12.0. The van der Waals surface area contributed by atoms with Gasteiger partial charge in [0.25, 0.3) is 0 Å². The lowest BCUT2D eigenvalue weighted by Gasteiger charge is -2.43. The number of likely N-dealkylation sites (N-methyl/N-ethyl adjacent to an activating group) is 2. The van der Waals surface area contributed by atoms with E-state index in [1.165, 1.54) is 26.2 Å². The highest BCUT2D eigenvalue weighted by Crippen LogP contribution is 2.41. The van der Waals surface area contributed by atoms with Crippen molar-refractivity contribution in [3.05, 3.63) is 11.6 Å². The van der Waals surface area contributed by atoms with Crippen molar-refractivity contribution < 1.29 is 19.5 Å². The van der Waals surface area contributed by atoms with Gasteiger partial charge in [-0.25, -0.2) is 4.79 Å². The van der Waals surface area contributed by atoms with E-state index in [4.69, 9.17) is 0 Å². The van der Waals surface area contributed by atoms with Crippen molar-refractivity contribution in [2.45, 2.75) is 106 Å². The summed E-state index contributed by atoms with van der Waals surface area (Å²) in [7, 11) is 3.49. The summed E-state index contributed by atoms with van der Waals surface area (Å²) >= 11 is 0. The molecular formula is C27H49N3O4. The SMILES string of the molecule is CN[C@@H](C(=O)NC(C(=O)N(C)[C@H](/C=C(\C)C(=O)O)C(C)C)C(C)(C)C)C(C)(C)C1CCCCC1. The molecule has 7 heteroatoms. The summed E-state index contributed by atoms with van der Waals surface area (Å²) in [6.45, 7) is 15.6. The smallest absolute Gasteiger partial charge is 0.331 e. The number of nitrogens with one attached hydrogen (secondary N) is 2. The van der Waals surface area contributed by atoms with Crippen LogP contribution in [0.1, 0.15) is 87.5 Å². The van der Waals surface area contributed by atoms with E-state index in [1.807, 2.05) is 41.7 Å². The van der Waals surface area contributed by atoms with Gasteiger partial charge in [-0.15, -0.1) is 0 Å². The molecule has 0 aromatic rings. The molecule has 0 radical (unpaired) electrons. The van der Waals surface area contributed by atoms with Crippen LogP contribution < -0.4 is 10.6 Å². The number of hydrogen-bond acceptors (Lipinski definition) is 4. The van der Waals surface area contributed by atoms with Crippen molar-refractivity contribution in [1.82, 2.24) is 15.5 Å². The van der Waals surface area contributed by atoms with Crippen LogP contribution in [0.3, 0.4) is 0 Å². The van der Waals surface area contributed by atoms with Crippen LogP contribution in [0.4, 0.5) is 0 Å². The molecule has 0 saturated heterocycles. The highest BCUT2D eigenvalue weighted by atomic mass is 16.4. The topological polar surface area (TPSA) is 98.7 Å². The van der Waals surface area contributed by atoms with E-state index >= 15 is 0 Å². The first-order valence-electron chi connectivity index (χ1n) is 12.7. The third-order valence-electron chi connectivity index (χ3n) is 7.59. The van der Waals surface area contributed by atoms with E-state index in [0.717, 1.165) is 12.8 Å². The minimum Gasteiger partial charge on any atom is -0.478 e. The zero-order valence-corrected chi connectivity index (χ0v) is 23.1. The summed E-state index contributed by atoms with van der Waals surface area (Å²) in [6, 6.07) is -1.57. The Hall–Kier alpha value is -1.89. The minimum absolute atomic E-state index is 0.00913. The van der Waals surface area contributed by atoms with Gasteiger partial charge in [0, 0.05) is 12.6 Å². The molecule has 0 aliphatic heterocycles. The molecule has 1 unspecified atom stereocenters. The normalized spacial score (nSPS) is 18.9. The molecule has 0 bridgehead atoms. The molecule has 1 fully saturated rings. The zero-order chi connectivity index (χ0) is 26.4. The van der Waals surface area contributed by atoms with E-state index in [0.29, 0.717) is 5.92 Å². The summed E-state index contributed by atoms with van der Waals surface area (Å²) in [4.78, 5) is 40.2. The molecule has 196 valence electrons. The number of carboxylic acids is 1. The maximum Gasteiger partial charge on any atom is 0.331 e. The number of amides is 2. The van der Waals surface area contributed by atoms with Crippen molar-refractivity contribution in [1.29, 1.82) is 0 Å². The van der Waals surface area contributed by atoms with Crippen molar-refractivity contribution in [2.24, 2.45) is 22.7 Å². The standard InChI is InChI=1S/C27H49N3O4/c1-17(2)20(16-18(3)25(33)34)30(10)24(32)22(26(4,5)6)29-23(31)21(28-9)27(7,8)19-14-12-11-13-15-19/h16-17,19-22,28H,11-15H2,1-10H3,(H,29,31)(H,33,34)/b18-16+/t20-,21+,22?/m1/s1. The van der Waals surface area contributed by atoms with Crippen LogP contribution in [0.5, 0.6) is 0 Å². The van der Waals surface area contributed by atoms with E-state index in [-0.39, 0.29) is 28.7 Å². The Balaban J connectivity index is 3.21. The third kappa shape index (κ3) is 7.56. The molecule has 0 aromatic heterocycles. The summed E-state index contributed by atoms with van der Waals surface area (Å²) in [5, 5.41) is 15.6. The van der Waals surface area contributed by atoms with Gasteiger partial charge in [0.1, 0.15) is 6.04 Å². The lowest BCUT2D eigenvalue weighted by molar-refractivity contribution is -0.141. The van der Waals surface area contributed by atoms with Gasteiger partial charge in [-0.1, -0.05) is 73.8 Å². The van der Waals surface area contributed by atoms with Crippen molar-refractivity contribution >= 4 is 17.8 Å². The third-order valence-corrected chi connectivity index (χ3v) is 7.59. The first-order valence-corrected chi connectivity index (χ1v) is 12.7. The van der Waals surface area contributed by atoms with Gasteiger partial charge in [0.15, 0.2) is 0 Å². The summed E-state index contributed by atoms with van der Waals surface area (Å²) in [6.07, 6.45) is 7.50. The predicted molar refractivity (Wildman–Crippen MR) is 137 cm³/mol. The Morgan fingerprint density at radius 2 is 1.53 bits per heavy atom. The maximum atomic E-state index is 13.7. The van der Waals surface area contributed by atoms with Gasteiger partial charge in [-0.2, -0.15) is 0 Å². The molecule has 2 amide bonds. The van der Waals surface area contributed by atoms with Gasteiger partial charge >= 0.3 is 5.97 Å². The number of carbonyl (C=O) groups is 3. The monoisotopic (exact) mass is 479 g/mol. The van der Waals surface area contributed by atoms with Gasteiger partial charge < -0.3 is 20.6 Å². The number of rotatable bonds is 10. The second-order valence-electron chi connectivity index (χ2n) is 12.0. The van der Waals surface area contributed by atoms with Crippen LogP contribution in [0.25, 0.3) is 0 Å². The number of carbonyl (C=O) groups excluding carboxylic acids is 2. The van der Waals surface area contributed by atoms with Gasteiger partial charge in [0.05, 0.1) is 12.1 Å². The number of nitrogens with zero attached hydrogens (tertiary/aromatic N) is 1. The summed E-state index contributed by atoms with van der Waals surface area (Å²) in [5.74, 6) is -0.938. The van der Waals surface area contributed by atoms with Gasteiger partial charge in [-0.05, 0) is 49.5 Å². The predicted octanol–water partition coefficient (Wildman–Crippen LogP) is 4.23. The van der Waals surface area contributed by atoms with Crippen molar-refractivity contribution in [2.75, 3.05) is 14.1 Å². The second kappa shape index (κ2) is 12.2. The fourth-order valence-electron chi connectivity index (χ4n) is 5.23. The van der Waals surface area contributed by atoms with Crippen LogP contribution in [0.15, 0.2) is 11.6 Å². The Labute approximate surface area is 207 Å². The van der Waals surface area contributed by atoms with Gasteiger partial charge in [-0.3, -0.25) is 9.59 Å². The lowest BCUT2D eigenvalue weighted by atomic mass is 9.66. The van der Waals surface area contributed by atoms with E-state index in [2.05, 4.69) is 24.5 Å². The molecule has 0 aromatic carbocycles. The summed E-state index contributed by atoms with van der Waals surface area (Å²) < 4.78 is 0. The van der Waals surface area contributed by atoms with Crippen LogP contribution in [0, 0.1) is 22.7 Å². The van der Waals surface area contributed by atoms with E-state index < -0.39 is 29.5 Å². The van der Waals surface area contributed by atoms with Crippen LogP contribution in [-0.4, -0.2) is 60.0 Å². The molecular weight excluding hydrogens is 430 g/mol. The fraction of sp³-hybridized carbons (Fsp3) is 0.815. The molecule has 34 heavy (non-hydrogen) atoms. The highest BCUT2D eigenvalue weighted by Gasteiger charge is 2.44. The quantitative estimate of drug-likeness (QED) is 0.407.